The summed E-state index contributed by atoms with van der Waals surface area (Å²) in [5.74, 6) is -1.03. The van der Waals surface area contributed by atoms with E-state index in [1.165, 1.54) is 24.3 Å². The Morgan fingerprint density at radius 3 is 2.42 bits per heavy atom. The Balaban J connectivity index is 2.69. The van der Waals surface area contributed by atoms with Crippen molar-refractivity contribution in [3.63, 3.8) is 0 Å². The van der Waals surface area contributed by atoms with Gasteiger partial charge in [-0.25, -0.2) is 4.39 Å². The van der Waals surface area contributed by atoms with Crippen LogP contribution in [0, 0.1) is 5.82 Å². The highest BCUT2D eigenvalue weighted by Gasteiger charge is 2.29. The van der Waals surface area contributed by atoms with Gasteiger partial charge in [-0.3, -0.25) is 4.79 Å². The van der Waals surface area contributed by atoms with Crippen molar-refractivity contribution in [2.45, 2.75) is 5.54 Å². The maximum Gasteiger partial charge on any atom is 0.244 e. The SMILES string of the molecule is O=C(/C=C/c1cccc(F)c1)NC(CO)(CO)CO. The van der Waals surface area contributed by atoms with Crippen LogP contribution >= 0.6 is 0 Å². The fraction of sp³-hybridized carbons (Fsp3) is 0.308. The summed E-state index contributed by atoms with van der Waals surface area (Å²) >= 11 is 0. The van der Waals surface area contributed by atoms with Gasteiger partial charge in [-0.2, -0.15) is 0 Å². The molecule has 0 radical (unpaired) electrons. The molecule has 0 aliphatic carbocycles. The lowest BCUT2D eigenvalue weighted by Gasteiger charge is -2.27. The van der Waals surface area contributed by atoms with Gasteiger partial charge in [0.05, 0.1) is 19.8 Å². The van der Waals surface area contributed by atoms with Gasteiger partial charge >= 0.3 is 0 Å². The minimum atomic E-state index is -1.47. The van der Waals surface area contributed by atoms with Crippen molar-refractivity contribution in [2.24, 2.45) is 0 Å². The molecule has 1 amide bonds. The molecular formula is C13H16FNO4. The van der Waals surface area contributed by atoms with Crippen LogP contribution in [-0.4, -0.2) is 46.6 Å². The molecule has 5 nitrogen and oxygen atoms in total. The molecule has 1 aromatic rings. The maximum atomic E-state index is 12.9. The van der Waals surface area contributed by atoms with Gasteiger partial charge in [0.1, 0.15) is 11.4 Å². The number of nitrogens with one attached hydrogen (secondary N) is 1. The molecular weight excluding hydrogens is 253 g/mol. The summed E-state index contributed by atoms with van der Waals surface area (Å²) in [5, 5.41) is 29.4. The second-order valence-corrected chi connectivity index (χ2v) is 4.13. The Bertz CT molecular complexity index is 449. The van der Waals surface area contributed by atoms with E-state index in [4.69, 9.17) is 15.3 Å². The molecule has 0 atom stereocenters. The van der Waals surface area contributed by atoms with E-state index in [0.717, 1.165) is 6.08 Å². The molecule has 104 valence electrons. The highest BCUT2D eigenvalue weighted by molar-refractivity contribution is 5.92. The molecule has 0 spiro atoms. The van der Waals surface area contributed by atoms with Crippen molar-refractivity contribution in [1.29, 1.82) is 0 Å². The van der Waals surface area contributed by atoms with Crippen LogP contribution in [0.1, 0.15) is 5.56 Å². The van der Waals surface area contributed by atoms with E-state index in [2.05, 4.69) is 5.32 Å². The zero-order valence-electron chi connectivity index (χ0n) is 10.2. The molecule has 0 saturated carbocycles. The third kappa shape index (κ3) is 4.44. The van der Waals surface area contributed by atoms with E-state index in [-0.39, 0.29) is 0 Å². The number of amides is 1. The third-order valence-corrected chi connectivity index (χ3v) is 2.57. The van der Waals surface area contributed by atoms with Gasteiger partial charge in [-0.15, -0.1) is 0 Å². The summed E-state index contributed by atoms with van der Waals surface area (Å²) < 4.78 is 12.9. The molecule has 0 aliphatic rings. The first-order valence-electron chi connectivity index (χ1n) is 5.63. The summed E-state index contributed by atoms with van der Waals surface area (Å²) in [6.07, 6.45) is 2.51. The van der Waals surface area contributed by atoms with Crippen LogP contribution in [0.25, 0.3) is 6.08 Å². The van der Waals surface area contributed by atoms with Gasteiger partial charge < -0.3 is 20.6 Å². The number of rotatable bonds is 6. The van der Waals surface area contributed by atoms with Crippen molar-refractivity contribution < 1.29 is 24.5 Å². The fourth-order valence-electron chi connectivity index (χ4n) is 1.35. The van der Waals surface area contributed by atoms with Crippen molar-refractivity contribution in [3.05, 3.63) is 41.7 Å². The first-order chi connectivity index (χ1) is 9.05. The van der Waals surface area contributed by atoms with Crippen LogP contribution in [-0.2, 0) is 4.79 Å². The van der Waals surface area contributed by atoms with Crippen molar-refractivity contribution in [1.82, 2.24) is 5.32 Å². The average Bonchev–Trinajstić information content (AvgIpc) is 2.43. The summed E-state index contributed by atoms with van der Waals surface area (Å²) in [5.41, 5.74) is -0.971. The number of aliphatic hydroxyl groups excluding tert-OH is 3. The summed E-state index contributed by atoms with van der Waals surface area (Å²) in [4.78, 5) is 11.6. The molecule has 0 aromatic heterocycles. The first-order valence-corrected chi connectivity index (χ1v) is 5.63. The minimum Gasteiger partial charge on any atom is -0.394 e. The van der Waals surface area contributed by atoms with Crippen molar-refractivity contribution in [3.8, 4) is 0 Å². The van der Waals surface area contributed by atoms with E-state index < -0.39 is 37.1 Å². The number of benzene rings is 1. The van der Waals surface area contributed by atoms with E-state index >= 15 is 0 Å². The zero-order chi connectivity index (χ0) is 14.3. The molecule has 4 N–H and O–H groups in total. The third-order valence-electron chi connectivity index (χ3n) is 2.57. The van der Waals surface area contributed by atoms with Crippen molar-refractivity contribution >= 4 is 12.0 Å². The molecule has 0 unspecified atom stereocenters. The molecule has 1 rings (SSSR count). The first kappa shape index (κ1) is 15.3. The predicted octanol–water partition coefficient (Wildman–Crippen LogP) is -0.329. The van der Waals surface area contributed by atoms with Crippen LogP contribution in [0.5, 0.6) is 0 Å². The largest absolute Gasteiger partial charge is 0.394 e. The van der Waals surface area contributed by atoms with Gasteiger partial charge in [-0.1, -0.05) is 12.1 Å². The Kier molecular flexibility index (Phi) is 5.62. The summed E-state index contributed by atoms with van der Waals surface area (Å²) in [6, 6.07) is 5.66. The lowest BCUT2D eigenvalue weighted by Crippen LogP contribution is -2.56. The topological polar surface area (TPSA) is 89.8 Å². The number of halogens is 1. The van der Waals surface area contributed by atoms with Gasteiger partial charge in [0.25, 0.3) is 0 Å². The fourth-order valence-corrected chi connectivity index (χ4v) is 1.35. The Labute approximate surface area is 110 Å². The van der Waals surface area contributed by atoms with E-state index in [9.17, 15) is 9.18 Å². The lowest BCUT2D eigenvalue weighted by atomic mass is 10.0. The zero-order valence-corrected chi connectivity index (χ0v) is 10.2. The minimum absolute atomic E-state index is 0.419. The second kappa shape index (κ2) is 6.98. The molecule has 6 heteroatoms. The molecule has 1 aromatic carbocycles. The highest BCUT2D eigenvalue weighted by atomic mass is 19.1. The number of carbonyl (C=O) groups excluding carboxylic acids is 1. The van der Waals surface area contributed by atoms with E-state index in [1.54, 1.807) is 6.07 Å². The quantitative estimate of drug-likeness (QED) is 0.532. The molecule has 0 aliphatic heterocycles. The molecule has 0 bridgehead atoms. The van der Waals surface area contributed by atoms with Crippen LogP contribution < -0.4 is 5.32 Å². The van der Waals surface area contributed by atoms with Crippen molar-refractivity contribution in [2.75, 3.05) is 19.8 Å². The lowest BCUT2D eigenvalue weighted by molar-refractivity contribution is -0.120. The van der Waals surface area contributed by atoms with Crippen LogP contribution in [0.3, 0.4) is 0 Å². The van der Waals surface area contributed by atoms with Gasteiger partial charge in [0.15, 0.2) is 0 Å². The van der Waals surface area contributed by atoms with Crippen LogP contribution in [0.2, 0.25) is 0 Å². The second-order valence-electron chi connectivity index (χ2n) is 4.13. The normalized spacial score (nSPS) is 11.8. The number of hydrogen-bond acceptors (Lipinski definition) is 4. The molecule has 19 heavy (non-hydrogen) atoms. The average molecular weight is 269 g/mol. The Hall–Kier alpha value is -1.76. The number of hydrogen-bond donors (Lipinski definition) is 4. The smallest absolute Gasteiger partial charge is 0.244 e. The van der Waals surface area contributed by atoms with E-state index in [0.29, 0.717) is 5.56 Å². The number of carbonyl (C=O) groups is 1. The maximum absolute atomic E-state index is 12.9. The number of aliphatic hydroxyl groups is 3. The standard InChI is InChI=1S/C13H16FNO4/c14-11-3-1-2-10(6-11)4-5-12(19)15-13(7-16,8-17)9-18/h1-6,16-18H,7-9H2,(H,15,19)/b5-4+. The summed E-state index contributed by atoms with van der Waals surface area (Å²) in [7, 11) is 0. The molecule has 0 saturated heterocycles. The molecule has 0 heterocycles. The monoisotopic (exact) mass is 269 g/mol. The van der Waals surface area contributed by atoms with Crippen LogP contribution in [0.4, 0.5) is 4.39 Å². The summed E-state index contributed by atoms with van der Waals surface area (Å²) in [6.45, 7) is -1.79. The predicted molar refractivity (Wildman–Crippen MR) is 67.6 cm³/mol. The highest BCUT2D eigenvalue weighted by Crippen LogP contribution is 2.06. The molecule has 0 fully saturated rings. The van der Waals surface area contributed by atoms with Gasteiger partial charge in [0.2, 0.25) is 5.91 Å². The Morgan fingerprint density at radius 1 is 1.26 bits per heavy atom. The van der Waals surface area contributed by atoms with Gasteiger partial charge in [-0.05, 0) is 23.8 Å². The van der Waals surface area contributed by atoms with Gasteiger partial charge in [0, 0.05) is 6.08 Å². The Morgan fingerprint density at radius 2 is 1.89 bits per heavy atom. The van der Waals surface area contributed by atoms with E-state index in [1.807, 2.05) is 0 Å². The van der Waals surface area contributed by atoms with Crippen LogP contribution in [0.15, 0.2) is 30.3 Å².